The fourth-order valence-electron chi connectivity index (χ4n) is 0.427. The second kappa shape index (κ2) is 3.54. The average molecular weight is 230 g/mol. The van der Waals surface area contributed by atoms with Crippen molar-refractivity contribution < 1.29 is 15.1 Å². The molecule has 0 N–H and O–H groups in total. The van der Waals surface area contributed by atoms with E-state index < -0.39 is 42.9 Å². The molecule has 1 heterocycles. The predicted octanol–water partition coefficient (Wildman–Crippen LogP) is 3.71. The van der Waals surface area contributed by atoms with Crippen LogP contribution in [0.3, 0.4) is 0 Å². The molecule has 0 nitrogen and oxygen atoms in total. The summed E-state index contributed by atoms with van der Waals surface area (Å²) in [5.41, 5.74) is -0.707. The molecule has 0 saturated carbocycles. The van der Waals surface area contributed by atoms with Gasteiger partial charge in [-0.1, -0.05) is 13.7 Å². The van der Waals surface area contributed by atoms with Crippen molar-refractivity contribution in [1.82, 2.24) is 0 Å². The monoisotopic (exact) mass is 229 g/mol. The van der Waals surface area contributed by atoms with Crippen LogP contribution in [0.4, 0.5) is 0 Å². The van der Waals surface area contributed by atoms with Crippen LogP contribution in [-0.2, 0) is 6.37 Å². The smallest absolute Gasteiger partial charge is 0.0743 e. The molecule has 1 aromatic rings. The largest absolute Gasteiger partial charge is 0.137 e. The molecule has 0 spiro atoms. The number of halogens is 1. The summed E-state index contributed by atoms with van der Waals surface area (Å²) in [5.74, 6) is -3.50. The number of thiophene rings is 1. The highest BCUT2D eigenvalue weighted by Gasteiger charge is 1.99. The summed E-state index contributed by atoms with van der Waals surface area (Å²) in [6, 6.07) is -0.514. The molecular formula is C8H11BrS. The molecule has 1 aromatic heterocycles. The van der Waals surface area contributed by atoms with Gasteiger partial charge in [0.2, 0.25) is 0 Å². The molecule has 0 amide bonds. The van der Waals surface area contributed by atoms with Crippen LogP contribution >= 0.6 is 27.3 Å². The molecule has 0 aliphatic heterocycles. The Morgan fingerprint density at radius 3 is 3.40 bits per heavy atom. The van der Waals surface area contributed by atoms with E-state index in [4.69, 9.17) is 15.1 Å². The summed E-state index contributed by atoms with van der Waals surface area (Å²) in [6.45, 7) is -6.95. The molecule has 0 aliphatic rings. The fourth-order valence-corrected chi connectivity index (χ4v) is 1.31. The molecule has 0 unspecified atom stereocenters. The first kappa shape index (κ1) is 1.91. The molecule has 10 heavy (non-hydrogen) atoms. The minimum Gasteiger partial charge on any atom is -0.137 e. The molecule has 56 valence electrons. The zero-order valence-corrected chi connectivity index (χ0v) is 7.19. The fraction of sp³-hybridized carbons (Fsp3) is 0.500. The Kier molecular flexibility index (Phi) is 0.676. The summed E-state index contributed by atoms with van der Waals surface area (Å²) in [6.07, 6.45) is -3.24. The SMILES string of the molecule is [2H]c1sc(Br)c([2H])c1C([2H])([2H])C([2H])(C([2H])([2H])[2H])C([2H])([2H])[2H]. The number of hydrogen-bond acceptors (Lipinski definition) is 1. The maximum absolute atomic E-state index is 7.93. The van der Waals surface area contributed by atoms with Gasteiger partial charge >= 0.3 is 0 Å². The molecule has 0 fully saturated rings. The van der Waals surface area contributed by atoms with Crippen LogP contribution in [0.15, 0.2) is 15.2 Å². The van der Waals surface area contributed by atoms with Gasteiger partial charge < -0.3 is 0 Å². The maximum atomic E-state index is 7.93. The molecule has 0 radical (unpaired) electrons. The predicted molar refractivity (Wildman–Crippen MR) is 50.6 cm³/mol. The zero-order chi connectivity index (χ0) is 17.0. The van der Waals surface area contributed by atoms with Crippen LogP contribution in [0.2, 0.25) is 0 Å². The van der Waals surface area contributed by atoms with Gasteiger partial charge in [0.15, 0.2) is 0 Å². The summed E-state index contributed by atoms with van der Waals surface area (Å²) in [7, 11) is 0. The van der Waals surface area contributed by atoms with Gasteiger partial charge in [0.25, 0.3) is 0 Å². The normalized spacial score (nSPS) is 31.9. The Morgan fingerprint density at radius 1 is 2.10 bits per heavy atom. The first-order valence-corrected chi connectivity index (χ1v) is 3.96. The van der Waals surface area contributed by atoms with E-state index in [2.05, 4.69) is 15.9 Å². The van der Waals surface area contributed by atoms with Crippen molar-refractivity contribution in [3.8, 4) is 0 Å². The van der Waals surface area contributed by atoms with Gasteiger partial charge in [-0.3, -0.25) is 0 Å². The van der Waals surface area contributed by atoms with Crippen LogP contribution in [0.5, 0.6) is 0 Å². The van der Waals surface area contributed by atoms with Gasteiger partial charge in [-0.25, -0.2) is 0 Å². The van der Waals surface area contributed by atoms with Crippen molar-refractivity contribution in [1.29, 1.82) is 0 Å². The maximum Gasteiger partial charge on any atom is 0.0743 e. The van der Waals surface area contributed by atoms with Crippen molar-refractivity contribution in [2.45, 2.75) is 20.1 Å². The third kappa shape index (κ3) is 2.43. The first-order chi connectivity index (χ1) is 9.09. The first-order valence-electron chi connectivity index (χ1n) is 7.85. The lowest BCUT2D eigenvalue weighted by Crippen LogP contribution is -1.90. The second-order valence-electron chi connectivity index (χ2n) is 1.48. The Labute approximate surface area is 89.9 Å². The standard InChI is InChI=1S/C8H11BrS/c1-6(2)3-7-4-8(9)10-5-7/h4-6H,3H2,1-2H3/i1D3,2D3,3D2,4D,5D,6D. The lowest BCUT2D eigenvalue weighted by Gasteiger charge is -1.99. The minimum absolute atomic E-state index is 0.0739. The van der Waals surface area contributed by atoms with Gasteiger partial charge in [0, 0.05) is 12.3 Å². The molecule has 0 bridgehead atoms. The third-order valence-corrected chi connectivity index (χ3v) is 1.99. The molecular weight excluding hydrogens is 208 g/mol. The molecule has 0 saturated heterocycles. The van der Waals surface area contributed by atoms with E-state index in [1.807, 2.05) is 0 Å². The van der Waals surface area contributed by atoms with Crippen molar-refractivity contribution in [2.75, 3.05) is 0 Å². The van der Waals surface area contributed by atoms with Crippen molar-refractivity contribution >= 4 is 27.3 Å². The van der Waals surface area contributed by atoms with Crippen LogP contribution in [0.25, 0.3) is 0 Å². The van der Waals surface area contributed by atoms with E-state index in [9.17, 15) is 0 Å². The van der Waals surface area contributed by atoms with E-state index in [0.717, 1.165) is 0 Å². The molecule has 1 rings (SSSR count). The van der Waals surface area contributed by atoms with E-state index in [0.29, 0.717) is 11.3 Å². The van der Waals surface area contributed by atoms with Gasteiger partial charge in [-0.05, 0) is 45.2 Å². The number of rotatable bonds is 2. The van der Waals surface area contributed by atoms with E-state index in [-0.39, 0.29) is 3.79 Å². The average Bonchev–Trinajstić information content (AvgIpc) is 2.48. The molecule has 0 atom stereocenters. The molecule has 0 aromatic carbocycles. The van der Waals surface area contributed by atoms with Gasteiger partial charge in [-0.2, -0.15) is 0 Å². The van der Waals surface area contributed by atoms with Crippen LogP contribution < -0.4 is 0 Å². The van der Waals surface area contributed by atoms with Crippen molar-refractivity contribution in [2.24, 2.45) is 5.89 Å². The van der Waals surface area contributed by atoms with E-state index in [1.54, 1.807) is 0 Å². The Morgan fingerprint density at radius 2 is 2.90 bits per heavy atom. The molecule has 0 aliphatic carbocycles. The Balaban J connectivity index is 3.72. The van der Waals surface area contributed by atoms with Crippen LogP contribution in [0.1, 0.15) is 34.3 Å². The third-order valence-electron chi connectivity index (χ3n) is 0.716. The summed E-state index contributed by atoms with van der Waals surface area (Å²) in [5, 5.41) is -0.484. The van der Waals surface area contributed by atoms with Crippen molar-refractivity contribution in [3.05, 3.63) is 20.7 Å². The lowest BCUT2D eigenvalue weighted by molar-refractivity contribution is 0.648. The lowest BCUT2D eigenvalue weighted by atomic mass is 10.1. The van der Waals surface area contributed by atoms with Gasteiger partial charge in [0.1, 0.15) is 0 Å². The quantitative estimate of drug-likeness (QED) is 0.726. The second-order valence-corrected chi connectivity index (χ2v) is 3.61. The van der Waals surface area contributed by atoms with E-state index >= 15 is 0 Å². The number of hydrogen-bond donors (Lipinski definition) is 0. The van der Waals surface area contributed by atoms with Gasteiger partial charge in [0.05, 0.1) is 6.53 Å². The van der Waals surface area contributed by atoms with Gasteiger partial charge in [-0.15, -0.1) is 11.3 Å². The van der Waals surface area contributed by atoms with E-state index in [1.165, 1.54) is 0 Å². The summed E-state index contributed by atoms with van der Waals surface area (Å²) >= 11 is 3.59. The highest BCUT2D eigenvalue weighted by atomic mass is 79.9. The summed E-state index contributed by atoms with van der Waals surface area (Å²) in [4.78, 5) is 0. The molecule has 2 heteroatoms. The minimum atomic E-state index is -3.50. The highest BCUT2D eigenvalue weighted by molar-refractivity contribution is 9.11. The van der Waals surface area contributed by atoms with Crippen LogP contribution in [0, 0.1) is 5.89 Å². The zero-order valence-electron chi connectivity index (χ0n) is 15.8. The highest BCUT2D eigenvalue weighted by Crippen LogP contribution is 2.22. The summed E-state index contributed by atoms with van der Waals surface area (Å²) < 4.78 is 83.1. The topological polar surface area (TPSA) is 0 Å². The van der Waals surface area contributed by atoms with Crippen LogP contribution in [-0.4, -0.2) is 0 Å². The Hall–Kier alpha value is 0.180. The Bertz CT molecular complexity index is 526. The van der Waals surface area contributed by atoms with Crippen molar-refractivity contribution in [3.63, 3.8) is 0 Å².